The molecule has 1 rings (SSSR count). The van der Waals surface area contributed by atoms with E-state index in [2.05, 4.69) is 23.8 Å². The monoisotopic (exact) mass is 296 g/mol. The average molecular weight is 296 g/mol. The van der Waals surface area contributed by atoms with E-state index in [1.807, 2.05) is 38.1 Å². The molecule has 0 aromatic heterocycles. The summed E-state index contributed by atoms with van der Waals surface area (Å²) in [5.74, 6) is 0.126. The van der Waals surface area contributed by atoms with Gasteiger partial charge < -0.3 is 15.7 Å². The van der Waals surface area contributed by atoms with Gasteiger partial charge in [0, 0.05) is 17.5 Å². The molecule has 0 radical (unpaired) electrons. The maximum Gasteiger partial charge on any atom is 0.319 e. The number of amides is 2. The zero-order chi connectivity index (χ0) is 15.1. The van der Waals surface area contributed by atoms with Crippen molar-refractivity contribution < 1.29 is 9.90 Å². The van der Waals surface area contributed by atoms with Gasteiger partial charge in [0.25, 0.3) is 0 Å². The lowest BCUT2D eigenvalue weighted by molar-refractivity contribution is 0.126. The first kappa shape index (κ1) is 16.9. The normalized spacial score (nSPS) is 13.9. The molecule has 5 heteroatoms. The molecule has 0 spiro atoms. The van der Waals surface area contributed by atoms with E-state index in [9.17, 15) is 9.90 Å². The van der Waals surface area contributed by atoms with Gasteiger partial charge >= 0.3 is 6.03 Å². The Kier molecular flexibility index (Phi) is 6.88. The zero-order valence-corrected chi connectivity index (χ0v) is 13.3. The van der Waals surface area contributed by atoms with Crippen LogP contribution in [0.4, 0.5) is 10.5 Å². The lowest BCUT2D eigenvalue weighted by atomic mass is 10.1. The number of benzene rings is 1. The largest absolute Gasteiger partial charge is 0.391 e. The number of thioether (sulfide) groups is 1. The third-order valence-corrected chi connectivity index (χ3v) is 4.19. The van der Waals surface area contributed by atoms with Gasteiger partial charge in [-0.05, 0) is 36.8 Å². The minimum absolute atomic E-state index is 0.126. The zero-order valence-electron chi connectivity index (χ0n) is 12.5. The van der Waals surface area contributed by atoms with Crippen LogP contribution in [0.1, 0.15) is 31.6 Å². The fraction of sp³-hybridized carbons (Fsp3) is 0.533. The van der Waals surface area contributed by atoms with E-state index in [4.69, 9.17) is 0 Å². The van der Waals surface area contributed by atoms with Gasteiger partial charge in [-0.1, -0.05) is 26.0 Å². The number of nitrogens with one attached hydrogen (secondary N) is 2. The van der Waals surface area contributed by atoms with Gasteiger partial charge in [0.05, 0.1) is 6.10 Å². The van der Waals surface area contributed by atoms with Crippen molar-refractivity contribution in [2.24, 2.45) is 5.92 Å². The van der Waals surface area contributed by atoms with E-state index < -0.39 is 6.10 Å². The van der Waals surface area contributed by atoms with E-state index >= 15 is 0 Å². The van der Waals surface area contributed by atoms with Gasteiger partial charge in [0.2, 0.25) is 0 Å². The highest BCUT2D eigenvalue weighted by Gasteiger charge is 2.11. The highest BCUT2D eigenvalue weighted by molar-refractivity contribution is 7.98. The van der Waals surface area contributed by atoms with Gasteiger partial charge in [0.1, 0.15) is 0 Å². The molecule has 4 nitrogen and oxygen atoms in total. The average Bonchev–Trinajstić information content (AvgIpc) is 2.43. The first-order chi connectivity index (χ1) is 9.43. The third kappa shape index (κ3) is 5.43. The Balaban J connectivity index is 2.54. The molecule has 1 aromatic carbocycles. The number of aliphatic hydroxyl groups excluding tert-OH is 1. The standard InChI is InChI=1S/C15H24N2O2S/c1-10(2)14(18)9-16-15(19)17-13-7-5-6-12(8-13)11(3)20-4/h5-8,10-11,14,18H,9H2,1-4H3,(H2,16,17,19)/t11-,14+/m1/s1. The van der Waals surface area contributed by atoms with Crippen LogP contribution < -0.4 is 10.6 Å². The van der Waals surface area contributed by atoms with Gasteiger partial charge in [-0.3, -0.25) is 0 Å². The summed E-state index contributed by atoms with van der Waals surface area (Å²) >= 11 is 1.76. The summed E-state index contributed by atoms with van der Waals surface area (Å²) in [4.78, 5) is 11.8. The van der Waals surface area contributed by atoms with Crippen LogP contribution in [0, 0.1) is 5.92 Å². The van der Waals surface area contributed by atoms with Crippen molar-refractivity contribution in [2.45, 2.75) is 32.1 Å². The number of hydrogen-bond acceptors (Lipinski definition) is 3. The maximum atomic E-state index is 11.8. The van der Waals surface area contributed by atoms with Gasteiger partial charge in [-0.2, -0.15) is 11.8 Å². The molecule has 2 atom stereocenters. The molecule has 0 heterocycles. The predicted octanol–water partition coefficient (Wildman–Crippen LogP) is 3.25. The summed E-state index contributed by atoms with van der Waals surface area (Å²) in [6, 6.07) is 7.51. The topological polar surface area (TPSA) is 61.4 Å². The van der Waals surface area contributed by atoms with E-state index in [0.717, 1.165) is 5.69 Å². The van der Waals surface area contributed by atoms with Crippen LogP contribution in [0.5, 0.6) is 0 Å². The molecule has 3 N–H and O–H groups in total. The van der Waals surface area contributed by atoms with E-state index in [0.29, 0.717) is 5.25 Å². The molecule has 0 aliphatic rings. The summed E-state index contributed by atoms with van der Waals surface area (Å²) in [7, 11) is 0. The number of carbonyl (C=O) groups is 1. The summed E-state index contributed by atoms with van der Waals surface area (Å²) < 4.78 is 0. The van der Waals surface area contributed by atoms with E-state index in [-0.39, 0.29) is 18.5 Å². The highest BCUT2D eigenvalue weighted by atomic mass is 32.2. The number of aliphatic hydroxyl groups is 1. The first-order valence-corrected chi connectivity index (χ1v) is 8.08. The Bertz CT molecular complexity index is 438. The lowest BCUT2D eigenvalue weighted by Gasteiger charge is -2.16. The van der Waals surface area contributed by atoms with Crippen molar-refractivity contribution in [1.82, 2.24) is 5.32 Å². The Morgan fingerprint density at radius 2 is 2.05 bits per heavy atom. The van der Waals surface area contributed by atoms with Crippen molar-refractivity contribution >= 4 is 23.5 Å². The Hall–Kier alpha value is -1.20. The molecule has 20 heavy (non-hydrogen) atoms. The molecule has 0 fully saturated rings. The summed E-state index contributed by atoms with van der Waals surface area (Å²) in [6.45, 7) is 6.21. The van der Waals surface area contributed by atoms with Crippen LogP contribution in [0.3, 0.4) is 0 Å². The molecular weight excluding hydrogens is 272 g/mol. The minimum Gasteiger partial charge on any atom is -0.391 e. The van der Waals surface area contributed by atoms with Gasteiger partial charge in [-0.15, -0.1) is 0 Å². The predicted molar refractivity (Wildman–Crippen MR) is 86.2 cm³/mol. The smallest absolute Gasteiger partial charge is 0.319 e. The Morgan fingerprint density at radius 1 is 1.35 bits per heavy atom. The fourth-order valence-electron chi connectivity index (χ4n) is 1.61. The van der Waals surface area contributed by atoms with Gasteiger partial charge in [0.15, 0.2) is 0 Å². The molecule has 0 bridgehead atoms. The molecule has 0 saturated carbocycles. The van der Waals surface area contributed by atoms with Crippen molar-refractivity contribution in [2.75, 3.05) is 18.1 Å². The Labute approximate surface area is 125 Å². The van der Waals surface area contributed by atoms with Crippen LogP contribution in [0.25, 0.3) is 0 Å². The molecule has 0 aliphatic carbocycles. The second-order valence-corrected chi connectivity index (χ2v) is 6.33. The minimum atomic E-state index is -0.524. The second kappa shape index (κ2) is 8.17. The maximum absolute atomic E-state index is 11.8. The van der Waals surface area contributed by atoms with E-state index in [1.54, 1.807) is 11.8 Å². The van der Waals surface area contributed by atoms with Crippen molar-refractivity contribution in [3.05, 3.63) is 29.8 Å². The highest BCUT2D eigenvalue weighted by Crippen LogP contribution is 2.27. The number of anilines is 1. The second-order valence-electron chi connectivity index (χ2n) is 5.15. The first-order valence-electron chi connectivity index (χ1n) is 6.79. The number of hydrogen-bond donors (Lipinski definition) is 3. The number of rotatable bonds is 6. The molecule has 0 aliphatic heterocycles. The molecule has 0 saturated heterocycles. The van der Waals surface area contributed by atoms with Crippen molar-refractivity contribution in [3.8, 4) is 0 Å². The summed E-state index contributed by atoms with van der Waals surface area (Å²) in [5.41, 5.74) is 1.94. The number of urea groups is 1. The summed E-state index contributed by atoms with van der Waals surface area (Å²) in [6.07, 6.45) is 1.54. The number of carbonyl (C=O) groups excluding carboxylic acids is 1. The van der Waals surface area contributed by atoms with E-state index in [1.165, 1.54) is 5.56 Å². The lowest BCUT2D eigenvalue weighted by Crippen LogP contribution is -2.37. The quantitative estimate of drug-likeness (QED) is 0.755. The summed E-state index contributed by atoms with van der Waals surface area (Å²) in [5, 5.41) is 15.5. The molecule has 0 unspecified atom stereocenters. The van der Waals surface area contributed by atoms with Crippen LogP contribution in [0.15, 0.2) is 24.3 Å². The Morgan fingerprint density at radius 3 is 2.65 bits per heavy atom. The molecular formula is C15H24N2O2S. The van der Waals surface area contributed by atoms with Crippen LogP contribution >= 0.6 is 11.8 Å². The van der Waals surface area contributed by atoms with Crippen LogP contribution in [-0.2, 0) is 0 Å². The van der Waals surface area contributed by atoms with Gasteiger partial charge in [-0.25, -0.2) is 4.79 Å². The van der Waals surface area contributed by atoms with Crippen LogP contribution in [0.2, 0.25) is 0 Å². The molecule has 2 amide bonds. The molecule has 112 valence electrons. The van der Waals surface area contributed by atoms with Crippen LogP contribution in [-0.4, -0.2) is 30.0 Å². The third-order valence-electron chi connectivity index (χ3n) is 3.21. The SMILES string of the molecule is CS[C@H](C)c1cccc(NC(=O)NC[C@H](O)C(C)C)c1. The fourth-order valence-corrected chi connectivity index (χ4v) is 2.03. The molecule has 1 aromatic rings. The van der Waals surface area contributed by atoms with Crippen molar-refractivity contribution in [1.29, 1.82) is 0 Å². The van der Waals surface area contributed by atoms with Crippen molar-refractivity contribution in [3.63, 3.8) is 0 Å².